The molecule has 0 bridgehead atoms. The number of rotatable bonds is 5. The van der Waals surface area contributed by atoms with E-state index in [1.807, 2.05) is 54.6 Å². The number of halogens is 1. The van der Waals surface area contributed by atoms with E-state index in [0.717, 1.165) is 22.0 Å². The maximum atomic E-state index is 11.0. The predicted molar refractivity (Wildman–Crippen MR) is 79.3 cm³/mol. The van der Waals surface area contributed by atoms with Crippen LogP contribution in [0, 0.1) is 0 Å². The van der Waals surface area contributed by atoms with Crippen LogP contribution >= 0.6 is 15.9 Å². The largest absolute Gasteiger partial charge is 0.481 e. The minimum atomic E-state index is -0.763. The van der Waals surface area contributed by atoms with Crippen molar-refractivity contribution in [2.75, 3.05) is 0 Å². The lowest BCUT2D eigenvalue weighted by Crippen LogP contribution is -2.09. The van der Waals surface area contributed by atoms with Crippen LogP contribution in [0.5, 0.6) is 0 Å². The molecule has 0 saturated carbocycles. The van der Waals surface area contributed by atoms with Crippen molar-refractivity contribution in [1.82, 2.24) is 0 Å². The van der Waals surface area contributed by atoms with Crippen molar-refractivity contribution < 1.29 is 9.90 Å². The number of carboxylic acid groups (broad SMARTS) is 1. The third-order valence-electron chi connectivity index (χ3n) is 3.07. The molecule has 0 radical (unpaired) electrons. The first-order valence-corrected chi connectivity index (χ1v) is 6.95. The molecular formula is C16H15BrO2. The van der Waals surface area contributed by atoms with Gasteiger partial charge in [-0.2, -0.15) is 0 Å². The van der Waals surface area contributed by atoms with Crippen molar-refractivity contribution in [1.29, 1.82) is 0 Å². The molecule has 1 N–H and O–H groups in total. The fourth-order valence-corrected chi connectivity index (χ4v) is 2.59. The van der Waals surface area contributed by atoms with Gasteiger partial charge in [-0.1, -0.05) is 58.4 Å². The second-order valence-electron chi connectivity index (χ2n) is 4.54. The summed E-state index contributed by atoms with van der Waals surface area (Å²) in [5, 5.41) is 9.08. The maximum Gasteiger partial charge on any atom is 0.303 e. The molecule has 0 saturated heterocycles. The van der Waals surface area contributed by atoms with Crippen molar-refractivity contribution in [2.45, 2.75) is 18.8 Å². The van der Waals surface area contributed by atoms with Gasteiger partial charge in [0.05, 0.1) is 6.42 Å². The van der Waals surface area contributed by atoms with E-state index >= 15 is 0 Å². The molecule has 3 heteroatoms. The number of carbonyl (C=O) groups is 1. The maximum absolute atomic E-state index is 11.0. The van der Waals surface area contributed by atoms with Crippen LogP contribution in [-0.2, 0) is 11.2 Å². The van der Waals surface area contributed by atoms with E-state index in [9.17, 15) is 4.79 Å². The van der Waals surface area contributed by atoms with Gasteiger partial charge < -0.3 is 5.11 Å². The second-order valence-corrected chi connectivity index (χ2v) is 5.46. The smallest absolute Gasteiger partial charge is 0.303 e. The fraction of sp³-hybridized carbons (Fsp3) is 0.188. The van der Waals surface area contributed by atoms with Crippen LogP contribution < -0.4 is 0 Å². The van der Waals surface area contributed by atoms with Gasteiger partial charge in [0, 0.05) is 4.47 Å². The van der Waals surface area contributed by atoms with Crippen LogP contribution in [0.3, 0.4) is 0 Å². The van der Waals surface area contributed by atoms with Gasteiger partial charge in [0.1, 0.15) is 0 Å². The van der Waals surface area contributed by atoms with E-state index in [2.05, 4.69) is 15.9 Å². The quantitative estimate of drug-likeness (QED) is 0.894. The lowest BCUT2D eigenvalue weighted by molar-refractivity contribution is -0.137. The lowest BCUT2D eigenvalue weighted by Gasteiger charge is -2.16. The van der Waals surface area contributed by atoms with Gasteiger partial charge in [-0.15, -0.1) is 0 Å². The highest BCUT2D eigenvalue weighted by Crippen LogP contribution is 2.26. The second kappa shape index (κ2) is 6.53. The molecule has 0 aliphatic heterocycles. The van der Waals surface area contributed by atoms with Gasteiger partial charge in [-0.05, 0) is 35.6 Å². The molecule has 0 amide bonds. The van der Waals surface area contributed by atoms with E-state index in [4.69, 9.17) is 5.11 Å². The summed E-state index contributed by atoms with van der Waals surface area (Å²) in [5.74, 6) is -0.765. The molecule has 0 aliphatic rings. The third kappa shape index (κ3) is 4.21. The minimum Gasteiger partial charge on any atom is -0.481 e. The van der Waals surface area contributed by atoms with Crippen LogP contribution in [0.1, 0.15) is 23.5 Å². The minimum absolute atomic E-state index is 0.00241. The molecule has 0 fully saturated rings. The number of hydrogen-bond donors (Lipinski definition) is 1. The zero-order chi connectivity index (χ0) is 13.7. The Balaban J connectivity index is 2.23. The molecule has 1 atom stereocenters. The molecule has 2 rings (SSSR count). The Bertz CT molecular complexity index is 552. The summed E-state index contributed by atoms with van der Waals surface area (Å²) >= 11 is 3.43. The molecule has 19 heavy (non-hydrogen) atoms. The summed E-state index contributed by atoms with van der Waals surface area (Å²) in [4.78, 5) is 11.0. The third-order valence-corrected chi connectivity index (χ3v) is 3.56. The molecule has 0 spiro atoms. The Morgan fingerprint density at radius 2 is 1.84 bits per heavy atom. The molecule has 98 valence electrons. The highest BCUT2D eigenvalue weighted by molar-refractivity contribution is 9.10. The summed E-state index contributed by atoms with van der Waals surface area (Å²) in [6, 6.07) is 17.9. The summed E-state index contributed by atoms with van der Waals surface area (Å²) < 4.78 is 0.980. The number of aliphatic carboxylic acids is 1. The van der Waals surface area contributed by atoms with Gasteiger partial charge in [-0.25, -0.2) is 0 Å². The standard InChI is InChI=1S/C16H15BrO2/c17-15-8-4-7-13(10-15)14(11-16(18)19)9-12-5-2-1-3-6-12/h1-8,10,14H,9,11H2,(H,18,19). The number of benzene rings is 2. The van der Waals surface area contributed by atoms with Crippen LogP contribution in [0.15, 0.2) is 59.1 Å². The van der Waals surface area contributed by atoms with Crippen molar-refractivity contribution >= 4 is 21.9 Å². The lowest BCUT2D eigenvalue weighted by atomic mass is 9.89. The first-order valence-electron chi connectivity index (χ1n) is 6.16. The first-order chi connectivity index (χ1) is 9.15. The Morgan fingerprint density at radius 1 is 1.11 bits per heavy atom. The summed E-state index contributed by atoms with van der Waals surface area (Å²) in [6.45, 7) is 0. The zero-order valence-electron chi connectivity index (χ0n) is 10.4. The number of carboxylic acids is 1. The molecule has 0 aromatic heterocycles. The van der Waals surface area contributed by atoms with Crippen LogP contribution in [0.25, 0.3) is 0 Å². The van der Waals surface area contributed by atoms with E-state index in [1.165, 1.54) is 0 Å². The Kier molecular flexibility index (Phi) is 4.74. The SMILES string of the molecule is O=C(O)CC(Cc1ccccc1)c1cccc(Br)c1. The van der Waals surface area contributed by atoms with Crippen LogP contribution in [-0.4, -0.2) is 11.1 Å². The van der Waals surface area contributed by atoms with Gasteiger partial charge in [-0.3, -0.25) is 4.79 Å². The Hall–Kier alpha value is -1.61. The van der Waals surface area contributed by atoms with E-state index < -0.39 is 5.97 Å². The topological polar surface area (TPSA) is 37.3 Å². The van der Waals surface area contributed by atoms with Gasteiger partial charge in [0.15, 0.2) is 0 Å². The van der Waals surface area contributed by atoms with Gasteiger partial charge in [0.2, 0.25) is 0 Å². The van der Waals surface area contributed by atoms with E-state index in [1.54, 1.807) is 0 Å². The molecule has 2 nitrogen and oxygen atoms in total. The molecule has 2 aromatic carbocycles. The molecule has 2 aromatic rings. The molecule has 0 heterocycles. The predicted octanol–water partition coefficient (Wildman–Crippen LogP) is 4.25. The fourth-order valence-electron chi connectivity index (χ4n) is 2.18. The Morgan fingerprint density at radius 3 is 2.47 bits per heavy atom. The first kappa shape index (κ1) is 13.8. The van der Waals surface area contributed by atoms with Crippen molar-refractivity contribution in [3.63, 3.8) is 0 Å². The van der Waals surface area contributed by atoms with Crippen molar-refractivity contribution in [3.8, 4) is 0 Å². The highest BCUT2D eigenvalue weighted by Gasteiger charge is 2.16. The zero-order valence-corrected chi connectivity index (χ0v) is 12.0. The molecule has 1 unspecified atom stereocenters. The van der Waals surface area contributed by atoms with Crippen molar-refractivity contribution in [2.24, 2.45) is 0 Å². The van der Waals surface area contributed by atoms with Gasteiger partial charge >= 0.3 is 5.97 Å². The Labute approximate surface area is 121 Å². The van der Waals surface area contributed by atoms with Crippen LogP contribution in [0.2, 0.25) is 0 Å². The average Bonchev–Trinajstić information content (AvgIpc) is 2.39. The monoisotopic (exact) mass is 318 g/mol. The summed E-state index contributed by atoms with van der Waals surface area (Å²) in [5.41, 5.74) is 2.22. The summed E-state index contributed by atoms with van der Waals surface area (Å²) in [6.07, 6.45) is 0.884. The normalized spacial score (nSPS) is 12.1. The highest BCUT2D eigenvalue weighted by atomic mass is 79.9. The average molecular weight is 319 g/mol. The summed E-state index contributed by atoms with van der Waals surface area (Å²) in [7, 11) is 0. The van der Waals surface area contributed by atoms with E-state index in [0.29, 0.717) is 0 Å². The van der Waals surface area contributed by atoms with E-state index in [-0.39, 0.29) is 12.3 Å². The molecular weight excluding hydrogens is 304 g/mol. The van der Waals surface area contributed by atoms with Crippen molar-refractivity contribution in [3.05, 3.63) is 70.2 Å². The van der Waals surface area contributed by atoms with Gasteiger partial charge in [0.25, 0.3) is 0 Å². The van der Waals surface area contributed by atoms with Crippen LogP contribution in [0.4, 0.5) is 0 Å². The number of hydrogen-bond acceptors (Lipinski definition) is 1. The molecule has 0 aliphatic carbocycles.